The van der Waals surface area contributed by atoms with E-state index in [1.807, 2.05) is 19.2 Å². The average Bonchev–Trinajstić information content (AvgIpc) is 2.84. The SMILES string of the molecule is CNc1cc(C(=O)NC2(C)CCCC2)cc(C(C)C)n1. The largest absolute Gasteiger partial charge is 0.373 e. The maximum atomic E-state index is 12.5. The third-order valence-electron chi connectivity index (χ3n) is 4.08. The van der Waals surface area contributed by atoms with Crippen LogP contribution in [0.5, 0.6) is 0 Å². The molecule has 1 fully saturated rings. The van der Waals surface area contributed by atoms with Crippen molar-refractivity contribution in [3.8, 4) is 0 Å². The lowest BCUT2D eigenvalue weighted by Crippen LogP contribution is -2.43. The van der Waals surface area contributed by atoms with Crippen molar-refractivity contribution < 1.29 is 4.79 Å². The van der Waals surface area contributed by atoms with Gasteiger partial charge in [0.15, 0.2) is 0 Å². The summed E-state index contributed by atoms with van der Waals surface area (Å²) in [4.78, 5) is 17.0. The highest BCUT2D eigenvalue weighted by atomic mass is 16.1. The van der Waals surface area contributed by atoms with Crippen LogP contribution in [0.1, 0.15) is 68.4 Å². The molecule has 0 aliphatic heterocycles. The van der Waals surface area contributed by atoms with Gasteiger partial charge in [0.25, 0.3) is 5.91 Å². The van der Waals surface area contributed by atoms with Gasteiger partial charge in [-0.25, -0.2) is 4.98 Å². The zero-order valence-corrected chi connectivity index (χ0v) is 12.9. The van der Waals surface area contributed by atoms with E-state index in [1.165, 1.54) is 12.8 Å². The number of carbonyl (C=O) groups excluding carboxylic acids is 1. The van der Waals surface area contributed by atoms with Gasteiger partial charge in [-0.2, -0.15) is 0 Å². The number of hydrogen-bond donors (Lipinski definition) is 2. The van der Waals surface area contributed by atoms with Crippen LogP contribution in [0.15, 0.2) is 12.1 Å². The first-order valence-corrected chi connectivity index (χ1v) is 7.46. The van der Waals surface area contributed by atoms with Gasteiger partial charge in [0.2, 0.25) is 0 Å². The Morgan fingerprint density at radius 2 is 1.95 bits per heavy atom. The average molecular weight is 275 g/mol. The topological polar surface area (TPSA) is 54.0 Å². The molecule has 1 aliphatic rings. The van der Waals surface area contributed by atoms with Crippen LogP contribution in [0.25, 0.3) is 0 Å². The quantitative estimate of drug-likeness (QED) is 0.886. The second-order valence-electron chi connectivity index (χ2n) is 6.29. The van der Waals surface area contributed by atoms with Crippen molar-refractivity contribution in [1.82, 2.24) is 10.3 Å². The lowest BCUT2D eigenvalue weighted by molar-refractivity contribution is 0.0908. The molecule has 0 atom stereocenters. The summed E-state index contributed by atoms with van der Waals surface area (Å²) in [6.07, 6.45) is 4.54. The third-order valence-corrected chi connectivity index (χ3v) is 4.08. The van der Waals surface area contributed by atoms with Crippen LogP contribution in [-0.4, -0.2) is 23.5 Å². The van der Waals surface area contributed by atoms with Crippen molar-refractivity contribution in [2.45, 2.75) is 57.9 Å². The second kappa shape index (κ2) is 5.81. The monoisotopic (exact) mass is 275 g/mol. The Bertz CT molecular complexity index is 490. The Hall–Kier alpha value is -1.58. The van der Waals surface area contributed by atoms with Crippen LogP contribution in [0, 0.1) is 0 Å². The lowest BCUT2D eigenvalue weighted by Gasteiger charge is -2.25. The molecule has 0 bridgehead atoms. The van der Waals surface area contributed by atoms with E-state index in [2.05, 4.69) is 36.4 Å². The van der Waals surface area contributed by atoms with E-state index in [1.54, 1.807) is 0 Å². The number of anilines is 1. The molecule has 1 aromatic heterocycles. The number of amides is 1. The maximum Gasteiger partial charge on any atom is 0.251 e. The number of carbonyl (C=O) groups is 1. The Kier molecular flexibility index (Phi) is 4.31. The molecule has 1 aliphatic carbocycles. The van der Waals surface area contributed by atoms with Crippen molar-refractivity contribution in [3.05, 3.63) is 23.4 Å². The van der Waals surface area contributed by atoms with Gasteiger partial charge in [-0.05, 0) is 37.8 Å². The first-order chi connectivity index (χ1) is 9.43. The van der Waals surface area contributed by atoms with Gasteiger partial charge in [-0.15, -0.1) is 0 Å². The van der Waals surface area contributed by atoms with Gasteiger partial charge in [0.1, 0.15) is 5.82 Å². The van der Waals surface area contributed by atoms with Gasteiger partial charge in [0, 0.05) is 23.8 Å². The highest BCUT2D eigenvalue weighted by molar-refractivity contribution is 5.95. The molecule has 0 spiro atoms. The minimum atomic E-state index is -0.0435. The molecule has 0 unspecified atom stereocenters. The Balaban J connectivity index is 2.22. The number of pyridine rings is 1. The van der Waals surface area contributed by atoms with E-state index in [0.717, 1.165) is 24.4 Å². The van der Waals surface area contributed by atoms with Crippen molar-refractivity contribution in [3.63, 3.8) is 0 Å². The van der Waals surface area contributed by atoms with Gasteiger partial charge < -0.3 is 10.6 Å². The van der Waals surface area contributed by atoms with E-state index in [0.29, 0.717) is 11.5 Å². The minimum Gasteiger partial charge on any atom is -0.373 e. The van der Waals surface area contributed by atoms with Crippen LogP contribution in [-0.2, 0) is 0 Å². The van der Waals surface area contributed by atoms with Gasteiger partial charge in [-0.3, -0.25) is 4.79 Å². The smallest absolute Gasteiger partial charge is 0.251 e. The van der Waals surface area contributed by atoms with E-state index in [9.17, 15) is 4.79 Å². The standard InChI is InChI=1S/C16H25N3O/c1-11(2)13-9-12(10-14(17-4)18-13)15(20)19-16(3)7-5-6-8-16/h9-11H,5-8H2,1-4H3,(H,17,18)(H,19,20). The predicted octanol–water partition coefficient (Wildman–Crippen LogP) is 3.31. The molecule has 1 saturated carbocycles. The molecule has 20 heavy (non-hydrogen) atoms. The van der Waals surface area contributed by atoms with Crippen LogP contribution >= 0.6 is 0 Å². The third kappa shape index (κ3) is 3.30. The predicted molar refractivity (Wildman–Crippen MR) is 82.2 cm³/mol. The Labute approximate surface area is 121 Å². The summed E-state index contributed by atoms with van der Waals surface area (Å²) in [7, 11) is 1.83. The summed E-state index contributed by atoms with van der Waals surface area (Å²) in [5.41, 5.74) is 1.60. The van der Waals surface area contributed by atoms with E-state index in [-0.39, 0.29) is 11.4 Å². The van der Waals surface area contributed by atoms with E-state index < -0.39 is 0 Å². The summed E-state index contributed by atoms with van der Waals surface area (Å²) in [6.45, 7) is 6.31. The molecular formula is C16H25N3O. The molecule has 0 radical (unpaired) electrons. The Morgan fingerprint density at radius 1 is 1.30 bits per heavy atom. The fourth-order valence-corrected chi connectivity index (χ4v) is 2.73. The van der Waals surface area contributed by atoms with Crippen molar-refractivity contribution in [2.75, 3.05) is 12.4 Å². The summed E-state index contributed by atoms with van der Waals surface area (Å²) in [5.74, 6) is 1.06. The second-order valence-corrected chi connectivity index (χ2v) is 6.29. The molecule has 4 heteroatoms. The van der Waals surface area contributed by atoms with Crippen molar-refractivity contribution in [2.24, 2.45) is 0 Å². The van der Waals surface area contributed by atoms with Gasteiger partial charge >= 0.3 is 0 Å². The zero-order chi connectivity index (χ0) is 14.8. The van der Waals surface area contributed by atoms with Crippen LogP contribution in [0.3, 0.4) is 0 Å². The molecular weight excluding hydrogens is 250 g/mol. The first-order valence-electron chi connectivity index (χ1n) is 7.46. The van der Waals surface area contributed by atoms with Crippen molar-refractivity contribution in [1.29, 1.82) is 0 Å². The van der Waals surface area contributed by atoms with E-state index >= 15 is 0 Å². The maximum absolute atomic E-state index is 12.5. The zero-order valence-electron chi connectivity index (χ0n) is 12.9. The summed E-state index contributed by atoms with van der Waals surface area (Å²) in [5, 5.41) is 6.22. The number of nitrogens with zero attached hydrogens (tertiary/aromatic N) is 1. The highest BCUT2D eigenvalue weighted by Gasteiger charge is 2.30. The summed E-state index contributed by atoms with van der Waals surface area (Å²) >= 11 is 0. The number of rotatable bonds is 4. The molecule has 0 aromatic carbocycles. The molecule has 1 amide bonds. The van der Waals surface area contributed by atoms with Crippen LogP contribution in [0.4, 0.5) is 5.82 Å². The van der Waals surface area contributed by atoms with Crippen molar-refractivity contribution >= 4 is 11.7 Å². The normalized spacial score (nSPS) is 17.2. The highest BCUT2D eigenvalue weighted by Crippen LogP contribution is 2.29. The number of aromatic nitrogens is 1. The lowest BCUT2D eigenvalue weighted by atomic mass is 9.99. The number of hydrogen-bond acceptors (Lipinski definition) is 3. The molecule has 2 N–H and O–H groups in total. The summed E-state index contributed by atoms with van der Waals surface area (Å²) < 4.78 is 0. The molecule has 4 nitrogen and oxygen atoms in total. The Morgan fingerprint density at radius 3 is 2.50 bits per heavy atom. The van der Waals surface area contributed by atoms with Gasteiger partial charge in [-0.1, -0.05) is 26.7 Å². The minimum absolute atomic E-state index is 0.00944. The van der Waals surface area contributed by atoms with Crippen LogP contribution < -0.4 is 10.6 Å². The van der Waals surface area contributed by atoms with E-state index in [4.69, 9.17) is 0 Å². The fourth-order valence-electron chi connectivity index (χ4n) is 2.73. The fraction of sp³-hybridized carbons (Fsp3) is 0.625. The van der Waals surface area contributed by atoms with Crippen LogP contribution in [0.2, 0.25) is 0 Å². The molecule has 110 valence electrons. The molecule has 0 saturated heterocycles. The molecule has 2 rings (SSSR count). The first kappa shape index (κ1) is 14.8. The number of nitrogens with one attached hydrogen (secondary N) is 2. The molecule has 1 aromatic rings. The molecule has 1 heterocycles. The van der Waals surface area contributed by atoms with Gasteiger partial charge in [0.05, 0.1) is 0 Å². The summed E-state index contributed by atoms with van der Waals surface area (Å²) in [6, 6.07) is 3.72.